The lowest BCUT2D eigenvalue weighted by Gasteiger charge is -2.03. The summed E-state index contributed by atoms with van der Waals surface area (Å²) < 4.78 is 0.914. The highest BCUT2D eigenvalue weighted by atomic mass is 79.9. The molecular weight excluding hydrogens is 230 g/mol. The van der Waals surface area contributed by atoms with E-state index in [2.05, 4.69) is 15.9 Å². The summed E-state index contributed by atoms with van der Waals surface area (Å²) in [5.74, 6) is 0.438. The van der Waals surface area contributed by atoms with Gasteiger partial charge in [0.2, 0.25) is 0 Å². The molecule has 1 aromatic carbocycles. The molecule has 2 N–H and O–H groups in total. The smallest absolute Gasteiger partial charge is 0.168 e. The predicted molar refractivity (Wildman–Crippen MR) is 55.6 cm³/mol. The minimum atomic E-state index is 0.199. The molecule has 68 valence electrons. The van der Waals surface area contributed by atoms with Gasteiger partial charge >= 0.3 is 0 Å². The Balaban J connectivity index is 2.33. The summed E-state index contributed by atoms with van der Waals surface area (Å²) in [7, 11) is 0. The zero-order chi connectivity index (χ0) is 9.42. The van der Waals surface area contributed by atoms with Crippen LogP contribution in [-0.2, 0) is 0 Å². The van der Waals surface area contributed by atoms with Crippen molar-refractivity contribution >= 4 is 27.4 Å². The molecule has 0 spiro atoms. The second kappa shape index (κ2) is 3.14. The van der Waals surface area contributed by atoms with Gasteiger partial charge in [0.15, 0.2) is 5.78 Å². The van der Waals surface area contributed by atoms with Gasteiger partial charge < -0.3 is 5.73 Å². The van der Waals surface area contributed by atoms with Gasteiger partial charge in [-0.3, -0.25) is 4.79 Å². The summed E-state index contributed by atoms with van der Waals surface area (Å²) >= 11 is 3.31. The lowest BCUT2D eigenvalue weighted by Crippen LogP contribution is -2.05. The molecule has 0 bridgehead atoms. The third-order valence-corrected chi connectivity index (χ3v) is 2.72. The third kappa shape index (κ3) is 1.75. The Kier molecular flexibility index (Phi) is 2.12. The minimum absolute atomic E-state index is 0.199. The molecule has 1 aliphatic rings. The fourth-order valence-electron chi connectivity index (χ4n) is 1.32. The number of nitrogen functional groups attached to an aromatic ring is 1. The van der Waals surface area contributed by atoms with Crippen molar-refractivity contribution in [2.24, 2.45) is 5.92 Å². The van der Waals surface area contributed by atoms with E-state index in [-0.39, 0.29) is 11.7 Å². The molecule has 0 aliphatic heterocycles. The Morgan fingerprint density at radius 2 is 2.15 bits per heavy atom. The first kappa shape index (κ1) is 8.75. The van der Waals surface area contributed by atoms with Crippen LogP contribution < -0.4 is 5.73 Å². The molecule has 0 heterocycles. The molecule has 1 aliphatic carbocycles. The number of halogens is 1. The number of carbonyl (C=O) groups excluding carboxylic acids is 1. The van der Waals surface area contributed by atoms with Crippen molar-refractivity contribution in [2.75, 3.05) is 5.73 Å². The Labute approximate surface area is 85.3 Å². The SMILES string of the molecule is Nc1cc(Br)ccc1C(=O)C1CC1. The van der Waals surface area contributed by atoms with E-state index in [0.29, 0.717) is 11.3 Å². The monoisotopic (exact) mass is 239 g/mol. The highest BCUT2D eigenvalue weighted by Crippen LogP contribution is 2.34. The maximum absolute atomic E-state index is 11.6. The van der Waals surface area contributed by atoms with Gasteiger partial charge in [-0.25, -0.2) is 0 Å². The summed E-state index contributed by atoms with van der Waals surface area (Å²) in [6, 6.07) is 5.42. The van der Waals surface area contributed by atoms with Gasteiger partial charge in [-0.1, -0.05) is 15.9 Å². The molecule has 2 rings (SSSR count). The molecule has 13 heavy (non-hydrogen) atoms. The Bertz CT molecular complexity index is 358. The Morgan fingerprint density at radius 3 is 2.69 bits per heavy atom. The number of anilines is 1. The van der Waals surface area contributed by atoms with Gasteiger partial charge in [0.05, 0.1) is 0 Å². The van der Waals surface area contributed by atoms with Crippen LogP contribution >= 0.6 is 15.9 Å². The number of carbonyl (C=O) groups is 1. The number of nitrogens with two attached hydrogens (primary N) is 1. The van der Waals surface area contributed by atoms with Crippen LogP contribution in [0.3, 0.4) is 0 Å². The van der Waals surface area contributed by atoms with Crippen molar-refractivity contribution < 1.29 is 4.79 Å². The van der Waals surface area contributed by atoms with E-state index < -0.39 is 0 Å². The Morgan fingerprint density at radius 1 is 1.46 bits per heavy atom. The molecule has 0 unspecified atom stereocenters. The molecule has 1 fully saturated rings. The van der Waals surface area contributed by atoms with E-state index >= 15 is 0 Å². The van der Waals surface area contributed by atoms with Crippen molar-refractivity contribution in [3.63, 3.8) is 0 Å². The molecule has 3 heteroatoms. The van der Waals surface area contributed by atoms with Gasteiger partial charge in [0, 0.05) is 21.6 Å². The quantitative estimate of drug-likeness (QED) is 0.637. The highest BCUT2D eigenvalue weighted by molar-refractivity contribution is 9.10. The largest absolute Gasteiger partial charge is 0.398 e. The van der Waals surface area contributed by atoms with Crippen LogP contribution in [0.25, 0.3) is 0 Å². The zero-order valence-electron chi connectivity index (χ0n) is 7.09. The van der Waals surface area contributed by atoms with E-state index in [1.54, 1.807) is 12.1 Å². The summed E-state index contributed by atoms with van der Waals surface area (Å²) in [6.07, 6.45) is 2.04. The minimum Gasteiger partial charge on any atom is -0.398 e. The van der Waals surface area contributed by atoms with Gasteiger partial charge in [-0.15, -0.1) is 0 Å². The summed E-state index contributed by atoms with van der Waals surface area (Å²) in [6.45, 7) is 0. The zero-order valence-corrected chi connectivity index (χ0v) is 8.67. The van der Waals surface area contributed by atoms with Crippen molar-refractivity contribution in [3.05, 3.63) is 28.2 Å². The first-order valence-corrected chi connectivity index (χ1v) is 5.07. The number of Topliss-reactive ketones (excluding diaryl/α,β-unsaturated/α-hetero) is 1. The van der Waals surface area contributed by atoms with E-state index in [9.17, 15) is 4.79 Å². The second-order valence-electron chi connectivity index (χ2n) is 3.37. The van der Waals surface area contributed by atoms with Crippen molar-refractivity contribution in [1.29, 1.82) is 0 Å². The third-order valence-electron chi connectivity index (χ3n) is 2.23. The summed E-state index contributed by atoms with van der Waals surface area (Å²) in [5, 5.41) is 0. The molecule has 2 nitrogen and oxygen atoms in total. The van der Waals surface area contributed by atoms with Gasteiger partial charge in [0.25, 0.3) is 0 Å². The molecular formula is C10H10BrNO. The van der Waals surface area contributed by atoms with Crippen molar-refractivity contribution in [2.45, 2.75) is 12.8 Å². The summed E-state index contributed by atoms with van der Waals surface area (Å²) in [5.41, 5.74) is 6.98. The molecule has 1 saturated carbocycles. The van der Waals surface area contributed by atoms with Crippen molar-refractivity contribution in [3.8, 4) is 0 Å². The molecule has 0 aromatic heterocycles. The molecule has 0 radical (unpaired) electrons. The maximum Gasteiger partial charge on any atom is 0.168 e. The van der Waals surface area contributed by atoms with Crippen molar-refractivity contribution in [1.82, 2.24) is 0 Å². The van der Waals surface area contributed by atoms with Crippen LogP contribution in [0.2, 0.25) is 0 Å². The van der Waals surface area contributed by atoms with Crippen LogP contribution in [0.15, 0.2) is 22.7 Å². The fourth-order valence-corrected chi connectivity index (χ4v) is 1.70. The molecule has 0 atom stereocenters. The van der Waals surface area contributed by atoms with E-state index in [4.69, 9.17) is 5.73 Å². The topological polar surface area (TPSA) is 43.1 Å². The number of hydrogen-bond acceptors (Lipinski definition) is 2. The van der Waals surface area contributed by atoms with Gasteiger partial charge in [-0.2, -0.15) is 0 Å². The molecule has 0 amide bonds. The van der Waals surface area contributed by atoms with E-state index in [1.165, 1.54) is 0 Å². The molecule has 1 aromatic rings. The number of rotatable bonds is 2. The normalized spacial score (nSPS) is 15.8. The highest BCUT2D eigenvalue weighted by Gasteiger charge is 2.31. The summed E-state index contributed by atoms with van der Waals surface area (Å²) in [4.78, 5) is 11.6. The Hall–Kier alpha value is -0.830. The van der Waals surface area contributed by atoms with E-state index in [1.807, 2.05) is 6.07 Å². The number of benzene rings is 1. The fraction of sp³-hybridized carbons (Fsp3) is 0.300. The van der Waals surface area contributed by atoms with Gasteiger partial charge in [0.1, 0.15) is 0 Å². The first-order chi connectivity index (χ1) is 6.18. The average Bonchev–Trinajstić information content (AvgIpc) is 2.85. The lowest BCUT2D eigenvalue weighted by molar-refractivity contribution is 0.0968. The maximum atomic E-state index is 11.6. The standard InChI is InChI=1S/C10H10BrNO/c11-7-3-4-8(9(12)5-7)10(13)6-1-2-6/h3-6H,1-2,12H2. The predicted octanol–water partition coefficient (Wildman–Crippen LogP) is 2.62. The van der Waals surface area contributed by atoms with Crippen LogP contribution in [0.4, 0.5) is 5.69 Å². The van der Waals surface area contributed by atoms with Crippen LogP contribution in [0.5, 0.6) is 0 Å². The second-order valence-corrected chi connectivity index (χ2v) is 4.29. The van der Waals surface area contributed by atoms with Crippen LogP contribution in [0, 0.1) is 5.92 Å². The van der Waals surface area contributed by atoms with Crippen LogP contribution in [-0.4, -0.2) is 5.78 Å². The lowest BCUT2D eigenvalue weighted by atomic mass is 10.1. The van der Waals surface area contributed by atoms with Crippen LogP contribution in [0.1, 0.15) is 23.2 Å². The van der Waals surface area contributed by atoms with Gasteiger partial charge in [-0.05, 0) is 31.0 Å². The number of ketones is 1. The molecule has 0 saturated heterocycles. The van der Waals surface area contributed by atoms with E-state index in [0.717, 1.165) is 17.3 Å². The number of hydrogen-bond donors (Lipinski definition) is 1. The first-order valence-electron chi connectivity index (χ1n) is 4.27. The average molecular weight is 240 g/mol.